The highest BCUT2D eigenvalue weighted by Crippen LogP contribution is 2.12. The van der Waals surface area contributed by atoms with E-state index in [0.29, 0.717) is 6.10 Å². The van der Waals surface area contributed by atoms with E-state index in [4.69, 9.17) is 10.5 Å². The number of hydrogen-bond acceptors (Lipinski definition) is 3. The van der Waals surface area contributed by atoms with Crippen LogP contribution in [0.2, 0.25) is 0 Å². The maximum Gasteiger partial charge on any atom is 0.0648 e. The van der Waals surface area contributed by atoms with Gasteiger partial charge in [0.15, 0.2) is 0 Å². The van der Waals surface area contributed by atoms with Crippen LogP contribution in [0.1, 0.15) is 33.6 Å². The lowest BCUT2D eigenvalue weighted by molar-refractivity contribution is -0.00723. The molecule has 0 aromatic rings. The maximum absolute atomic E-state index is 5.77. The highest BCUT2D eigenvalue weighted by Gasteiger charge is 2.21. The summed E-state index contributed by atoms with van der Waals surface area (Å²) in [6.45, 7) is 8.00. The Bertz CT molecular complexity index is 146. The van der Waals surface area contributed by atoms with Gasteiger partial charge in [-0.2, -0.15) is 0 Å². The number of hydrogen-bond donors (Lipinski definition) is 1. The van der Waals surface area contributed by atoms with E-state index in [2.05, 4.69) is 39.8 Å². The zero-order valence-electron chi connectivity index (χ0n) is 10.3. The van der Waals surface area contributed by atoms with Crippen molar-refractivity contribution >= 4 is 0 Å². The number of ether oxygens (including phenoxy) is 1. The summed E-state index contributed by atoms with van der Waals surface area (Å²) in [5, 5.41) is 0. The van der Waals surface area contributed by atoms with Crippen LogP contribution in [0.5, 0.6) is 0 Å². The van der Waals surface area contributed by atoms with Crippen molar-refractivity contribution in [1.82, 2.24) is 4.90 Å². The standard InChI is InChI=1S/C11H26N2O/c1-10(7-6-8-12)14-9-11(2,3)13(4)5/h10H,6-9,12H2,1-5H3. The van der Waals surface area contributed by atoms with Crippen molar-refractivity contribution < 1.29 is 4.74 Å². The smallest absolute Gasteiger partial charge is 0.0648 e. The Morgan fingerprint density at radius 2 is 1.93 bits per heavy atom. The first-order valence-electron chi connectivity index (χ1n) is 5.39. The van der Waals surface area contributed by atoms with Crippen molar-refractivity contribution in [3.8, 4) is 0 Å². The van der Waals surface area contributed by atoms with Crippen molar-refractivity contribution in [3.05, 3.63) is 0 Å². The molecule has 1 atom stereocenters. The van der Waals surface area contributed by atoms with Gasteiger partial charge in [0.1, 0.15) is 0 Å². The lowest BCUT2D eigenvalue weighted by Gasteiger charge is -2.33. The number of nitrogens with two attached hydrogens (primary N) is 1. The molecular formula is C11H26N2O. The van der Waals surface area contributed by atoms with E-state index in [1.807, 2.05) is 0 Å². The minimum Gasteiger partial charge on any atom is -0.377 e. The van der Waals surface area contributed by atoms with Crippen LogP contribution in [0.25, 0.3) is 0 Å². The molecule has 0 aliphatic carbocycles. The average molecular weight is 202 g/mol. The highest BCUT2D eigenvalue weighted by atomic mass is 16.5. The molecule has 0 aromatic carbocycles. The minimum absolute atomic E-state index is 0.108. The summed E-state index contributed by atoms with van der Waals surface area (Å²) in [5.74, 6) is 0. The third kappa shape index (κ3) is 5.58. The van der Waals surface area contributed by atoms with Crippen molar-refractivity contribution in [2.24, 2.45) is 5.73 Å². The molecule has 0 saturated carbocycles. The van der Waals surface area contributed by atoms with Gasteiger partial charge < -0.3 is 15.4 Å². The Hall–Kier alpha value is -0.120. The molecule has 0 rings (SSSR count). The molecule has 0 aliphatic rings. The van der Waals surface area contributed by atoms with Gasteiger partial charge in [-0.05, 0) is 54.3 Å². The van der Waals surface area contributed by atoms with Crippen LogP contribution in [0.3, 0.4) is 0 Å². The van der Waals surface area contributed by atoms with Gasteiger partial charge in [0, 0.05) is 5.54 Å². The zero-order chi connectivity index (χ0) is 11.2. The van der Waals surface area contributed by atoms with Crippen LogP contribution in [0.15, 0.2) is 0 Å². The molecule has 0 saturated heterocycles. The third-order valence-corrected chi connectivity index (χ3v) is 2.75. The summed E-state index contributed by atoms with van der Waals surface area (Å²) in [6, 6.07) is 0. The van der Waals surface area contributed by atoms with Gasteiger partial charge in [-0.3, -0.25) is 0 Å². The summed E-state index contributed by atoms with van der Waals surface area (Å²) < 4.78 is 5.77. The first-order chi connectivity index (χ1) is 6.40. The van der Waals surface area contributed by atoms with Gasteiger partial charge in [-0.15, -0.1) is 0 Å². The topological polar surface area (TPSA) is 38.5 Å². The molecular weight excluding hydrogens is 176 g/mol. The van der Waals surface area contributed by atoms with E-state index in [-0.39, 0.29) is 5.54 Å². The van der Waals surface area contributed by atoms with Crippen molar-refractivity contribution in [2.45, 2.75) is 45.3 Å². The van der Waals surface area contributed by atoms with E-state index in [9.17, 15) is 0 Å². The lowest BCUT2D eigenvalue weighted by Crippen LogP contribution is -2.43. The summed E-state index contributed by atoms with van der Waals surface area (Å²) in [7, 11) is 4.15. The Morgan fingerprint density at radius 1 is 1.36 bits per heavy atom. The van der Waals surface area contributed by atoms with E-state index >= 15 is 0 Å². The van der Waals surface area contributed by atoms with Gasteiger partial charge in [0.2, 0.25) is 0 Å². The van der Waals surface area contributed by atoms with Crippen molar-refractivity contribution in [3.63, 3.8) is 0 Å². The zero-order valence-corrected chi connectivity index (χ0v) is 10.3. The molecule has 0 amide bonds. The molecule has 86 valence electrons. The normalized spacial score (nSPS) is 14.8. The first kappa shape index (κ1) is 13.9. The fourth-order valence-corrected chi connectivity index (χ4v) is 0.964. The molecule has 2 N–H and O–H groups in total. The Labute approximate surface area is 88.6 Å². The number of likely N-dealkylation sites (N-methyl/N-ethyl adjacent to an activating group) is 1. The monoisotopic (exact) mass is 202 g/mol. The maximum atomic E-state index is 5.77. The van der Waals surface area contributed by atoms with Crippen LogP contribution in [-0.4, -0.2) is 43.8 Å². The van der Waals surface area contributed by atoms with Gasteiger partial charge in [-0.25, -0.2) is 0 Å². The molecule has 0 fully saturated rings. The number of rotatable bonds is 7. The summed E-state index contributed by atoms with van der Waals surface area (Å²) in [6.07, 6.45) is 2.42. The van der Waals surface area contributed by atoms with Gasteiger partial charge in [0.05, 0.1) is 12.7 Å². The minimum atomic E-state index is 0.108. The SMILES string of the molecule is CC(CCCN)OCC(C)(C)N(C)C. The van der Waals surface area contributed by atoms with E-state index in [0.717, 1.165) is 26.0 Å². The molecule has 0 spiro atoms. The molecule has 0 aliphatic heterocycles. The van der Waals surface area contributed by atoms with Crippen LogP contribution in [0.4, 0.5) is 0 Å². The predicted octanol–water partition coefficient (Wildman–Crippen LogP) is 1.47. The third-order valence-electron chi connectivity index (χ3n) is 2.75. The highest BCUT2D eigenvalue weighted by molar-refractivity contribution is 4.76. The van der Waals surface area contributed by atoms with E-state index in [1.54, 1.807) is 0 Å². The van der Waals surface area contributed by atoms with Crippen LogP contribution >= 0.6 is 0 Å². The summed E-state index contributed by atoms with van der Waals surface area (Å²) in [4.78, 5) is 2.18. The Morgan fingerprint density at radius 3 is 2.36 bits per heavy atom. The molecule has 0 radical (unpaired) electrons. The summed E-state index contributed by atoms with van der Waals surface area (Å²) in [5.41, 5.74) is 5.55. The quantitative estimate of drug-likeness (QED) is 0.679. The Balaban J connectivity index is 3.70. The van der Waals surface area contributed by atoms with Crippen molar-refractivity contribution in [2.75, 3.05) is 27.2 Å². The second-order valence-electron chi connectivity index (χ2n) is 4.76. The second kappa shape index (κ2) is 6.38. The van der Waals surface area contributed by atoms with Crippen LogP contribution < -0.4 is 5.73 Å². The van der Waals surface area contributed by atoms with Gasteiger partial charge in [0.25, 0.3) is 0 Å². The largest absolute Gasteiger partial charge is 0.377 e. The van der Waals surface area contributed by atoms with Crippen LogP contribution in [0, 0.1) is 0 Å². The number of nitrogens with zero attached hydrogens (tertiary/aromatic N) is 1. The first-order valence-corrected chi connectivity index (χ1v) is 5.39. The van der Waals surface area contributed by atoms with Gasteiger partial charge >= 0.3 is 0 Å². The average Bonchev–Trinajstić information content (AvgIpc) is 2.11. The lowest BCUT2D eigenvalue weighted by atomic mass is 10.1. The van der Waals surface area contributed by atoms with E-state index < -0.39 is 0 Å². The summed E-state index contributed by atoms with van der Waals surface area (Å²) >= 11 is 0. The molecule has 0 aromatic heterocycles. The molecule has 3 heteroatoms. The van der Waals surface area contributed by atoms with Gasteiger partial charge in [-0.1, -0.05) is 0 Å². The van der Waals surface area contributed by atoms with Crippen LogP contribution in [-0.2, 0) is 4.74 Å². The predicted molar refractivity (Wildman–Crippen MR) is 61.5 cm³/mol. The molecule has 1 unspecified atom stereocenters. The van der Waals surface area contributed by atoms with Crippen molar-refractivity contribution in [1.29, 1.82) is 0 Å². The fourth-order valence-electron chi connectivity index (χ4n) is 0.964. The molecule has 0 bridgehead atoms. The molecule has 14 heavy (non-hydrogen) atoms. The Kier molecular flexibility index (Phi) is 6.33. The molecule has 3 nitrogen and oxygen atoms in total. The second-order valence-corrected chi connectivity index (χ2v) is 4.76. The van der Waals surface area contributed by atoms with E-state index in [1.165, 1.54) is 0 Å². The molecule has 0 heterocycles. The fraction of sp³-hybridized carbons (Fsp3) is 1.00.